The Morgan fingerprint density at radius 2 is 1.79 bits per heavy atom. The first-order valence-corrected chi connectivity index (χ1v) is 9.89. The van der Waals surface area contributed by atoms with E-state index in [2.05, 4.69) is 5.32 Å². The number of nitrogens with one attached hydrogen (secondary N) is 1. The predicted molar refractivity (Wildman–Crippen MR) is 104 cm³/mol. The van der Waals surface area contributed by atoms with Crippen molar-refractivity contribution >= 4 is 27.6 Å². The summed E-state index contributed by atoms with van der Waals surface area (Å²) < 4.78 is 36.0. The molecule has 1 amide bonds. The Balaban J connectivity index is 2.05. The molecule has 2 rings (SSSR count). The molecular formula is C19H22N2O6S. The first kappa shape index (κ1) is 21.4. The number of carbonyl (C=O) groups is 2. The van der Waals surface area contributed by atoms with Gasteiger partial charge in [0.2, 0.25) is 15.9 Å². The summed E-state index contributed by atoms with van der Waals surface area (Å²) in [4.78, 5) is 24.1. The molecule has 0 heterocycles. The third kappa shape index (κ3) is 5.30. The van der Waals surface area contributed by atoms with Crippen molar-refractivity contribution in [1.82, 2.24) is 4.31 Å². The number of likely N-dealkylation sites (N-methyl/N-ethyl adjacent to an activating group) is 1. The Labute approximate surface area is 164 Å². The SMILES string of the molecule is CCOC(=O)c1cccc(NC(=O)CN(C)S(=O)(=O)c2ccc(OC)cc2)c1. The lowest BCUT2D eigenvalue weighted by atomic mass is 10.2. The fourth-order valence-electron chi connectivity index (χ4n) is 2.35. The van der Waals surface area contributed by atoms with Crippen LogP contribution in [0.15, 0.2) is 53.4 Å². The van der Waals surface area contributed by atoms with Gasteiger partial charge in [0.15, 0.2) is 0 Å². The minimum absolute atomic E-state index is 0.0490. The standard InChI is InChI=1S/C19H22N2O6S/c1-4-27-19(23)14-6-5-7-15(12-14)20-18(22)13-21(2)28(24,25)17-10-8-16(26-3)9-11-17/h5-12H,4,13H2,1-3H3,(H,20,22). The van der Waals surface area contributed by atoms with Gasteiger partial charge in [-0.25, -0.2) is 13.2 Å². The van der Waals surface area contributed by atoms with Gasteiger partial charge in [0.25, 0.3) is 0 Å². The van der Waals surface area contributed by atoms with Gasteiger partial charge in [-0.2, -0.15) is 4.31 Å². The summed E-state index contributed by atoms with van der Waals surface area (Å²) in [6, 6.07) is 12.1. The van der Waals surface area contributed by atoms with E-state index in [1.165, 1.54) is 44.5 Å². The molecule has 0 saturated heterocycles. The molecule has 0 aromatic heterocycles. The number of amides is 1. The van der Waals surface area contributed by atoms with Crippen molar-refractivity contribution in [2.75, 3.05) is 32.6 Å². The van der Waals surface area contributed by atoms with E-state index in [-0.39, 0.29) is 11.5 Å². The van der Waals surface area contributed by atoms with Crippen molar-refractivity contribution < 1.29 is 27.5 Å². The van der Waals surface area contributed by atoms with Gasteiger partial charge in [-0.15, -0.1) is 0 Å². The van der Waals surface area contributed by atoms with Crippen LogP contribution in [0.5, 0.6) is 5.75 Å². The maximum Gasteiger partial charge on any atom is 0.338 e. The van der Waals surface area contributed by atoms with Crippen LogP contribution in [-0.4, -0.2) is 51.9 Å². The van der Waals surface area contributed by atoms with Gasteiger partial charge in [0.1, 0.15) is 5.75 Å². The Kier molecular flexibility index (Phi) is 7.13. The highest BCUT2D eigenvalue weighted by Gasteiger charge is 2.23. The fraction of sp³-hybridized carbons (Fsp3) is 0.263. The zero-order valence-corrected chi connectivity index (χ0v) is 16.7. The molecule has 0 aliphatic heterocycles. The topological polar surface area (TPSA) is 102 Å². The number of esters is 1. The second-order valence-electron chi connectivity index (χ2n) is 5.79. The zero-order chi connectivity index (χ0) is 20.7. The Morgan fingerprint density at radius 3 is 2.39 bits per heavy atom. The van der Waals surface area contributed by atoms with Gasteiger partial charge in [0, 0.05) is 12.7 Å². The molecule has 0 unspecified atom stereocenters. The molecule has 2 aromatic rings. The van der Waals surface area contributed by atoms with Crippen molar-refractivity contribution in [3.63, 3.8) is 0 Å². The Bertz CT molecular complexity index is 941. The van der Waals surface area contributed by atoms with Gasteiger partial charge < -0.3 is 14.8 Å². The summed E-state index contributed by atoms with van der Waals surface area (Å²) in [5, 5.41) is 2.58. The normalized spacial score (nSPS) is 11.1. The van der Waals surface area contributed by atoms with Gasteiger partial charge in [0.05, 0.1) is 30.7 Å². The van der Waals surface area contributed by atoms with Crippen molar-refractivity contribution in [2.45, 2.75) is 11.8 Å². The number of hydrogen-bond donors (Lipinski definition) is 1. The van der Waals surface area contributed by atoms with Crippen LogP contribution in [0.2, 0.25) is 0 Å². The van der Waals surface area contributed by atoms with Gasteiger partial charge >= 0.3 is 5.97 Å². The van der Waals surface area contributed by atoms with Crippen molar-refractivity contribution in [3.05, 3.63) is 54.1 Å². The maximum atomic E-state index is 12.6. The average Bonchev–Trinajstić information content (AvgIpc) is 2.68. The molecule has 0 aliphatic carbocycles. The molecule has 9 heteroatoms. The number of rotatable bonds is 8. The van der Waals surface area contributed by atoms with E-state index < -0.39 is 28.4 Å². The highest BCUT2D eigenvalue weighted by molar-refractivity contribution is 7.89. The largest absolute Gasteiger partial charge is 0.497 e. The molecule has 8 nitrogen and oxygen atoms in total. The molecule has 0 bridgehead atoms. The maximum absolute atomic E-state index is 12.6. The van der Waals surface area contributed by atoms with E-state index in [0.717, 1.165) is 4.31 Å². The van der Waals surface area contributed by atoms with Gasteiger partial charge in [-0.3, -0.25) is 4.79 Å². The summed E-state index contributed by atoms with van der Waals surface area (Å²) in [5.74, 6) is -0.515. The molecule has 0 saturated carbocycles. The summed E-state index contributed by atoms with van der Waals surface area (Å²) >= 11 is 0. The van der Waals surface area contributed by atoms with E-state index >= 15 is 0 Å². The fourth-order valence-corrected chi connectivity index (χ4v) is 3.48. The predicted octanol–water partition coefficient (Wildman–Crippen LogP) is 2.13. The van der Waals surface area contributed by atoms with Crippen LogP contribution in [0, 0.1) is 0 Å². The van der Waals surface area contributed by atoms with E-state index in [1.54, 1.807) is 25.1 Å². The van der Waals surface area contributed by atoms with Crippen LogP contribution in [0.25, 0.3) is 0 Å². The molecule has 2 aromatic carbocycles. The summed E-state index contributed by atoms with van der Waals surface area (Å²) in [6.07, 6.45) is 0. The summed E-state index contributed by atoms with van der Waals surface area (Å²) in [7, 11) is -1.04. The van der Waals surface area contributed by atoms with E-state index in [4.69, 9.17) is 9.47 Å². The Morgan fingerprint density at radius 1 is 1.11 bits per heavy atom. The molecule has 150 valence electrons. The Hall–Kier alpha value is -2.91. The molecule has 0 aliphatic rings. The van der Waals surface area contributed by atoms with Crippen molar-refractivity contribution in [3.8, 4) is 5.75 Å². The lowest BCUT2D eigenvalue weighted by molar-refractivity contribution is -0.116. The van der Waals surface area contributed by atoms with Crippen LogP contribution in [-0.2, 0) is 19.6 Å². The molecule has 28 heavy (non-hydrogen) atoms. The van der Waals surface area contributed by atoms with E-state index in [1.807, 2.05) is 0 Å². The molecule has 0 fully saturated rings. The van der Waals surface area contributed by atoms with Crippen molar-refractivity contribution in [1.29, 1.82) is 0 Å². The lowest BCUT2D eigenvalue weighted by Gasteiger charge is -2.17. The second kappa shape index (κ2) is 9.34. The smallest absolute Gasteiger partial charge is 0.338 e. The number of sulfonamides is 1. The average molecular weight is 406 g/mol. The number of methoxy groups -OCH3 is 1. The minimum atomic E-state index is -3.84. The minimum Gasteiger partial charge on any atom is -0.497 e. The lowest BCUT2D eigenvalue weighted by Crippen LogP contribution is -2.35. The van der Waals surface area contributed by atoms with Gasteiger partial charge in [-0.1, -0.05) is 6.07 Å². The zero-order valence-electron chi connectivity index (χ0n) is 15.8. The molecule has 0 atom stereocenters. The van der Waals surface area contributed by atoms with Crippen LogP contribution in [0.1, 0.15) is 17.3 Å². The highest BCUT2D eigenvalue weighted by atomic mass is 32.2. The van der Waals surface area contributed by atoms with Crippen LogP contribution < -0.4 is 10.1 Å². The number of anilines is 1. The summed E-state index contributed by atoms with van der Waals surface area (Å²) in [6.45, 7) is 1.55. The number of hydrogen-bond acceptors (Lipinski definition) is 6. The third-order valence-electron chi connectivity index (χ3n) is 3.79. The number of carbonyl (C=O) groups excluding carboxylic acids is 2. The monoisotopic (exact) mass is 406 g/mol. The quantitative estimate of drug-likeness (QED) is 0.674. The van der Waals surface area contributed by atoms with Crippen molar-refractivity contribution in [2.24, 2.45) is 0 Å². The van der Waals surface area contributed by atoms with Gasteiger partial charge in [-0.05, 0) is 49.4 Å². The number of nitrogens with zero attached hydrogens (tertiary/aromatic N) is 1. The highest BCUT2D eigenvalue weighted by Crippen LogP contribution is 2.19. The first-order chi connectivity index (χ1) is 13.3. The van der Waals surface area contributed by atoms with Crippen LogP contribution >= 0.6 is 0 Å². The van der Waals surface area contributed by atoms with E-state index in [9.17, 15) is 18.0 Å². The van der Waals surface area contributed by atoms with Crippen LogP contribution in [0.3, 0.4) is 0 Å². The number of ether oxygens (including phenoxy) is 2. The molecule has 1 N–H and O–H groups in total. The molecule has 0 spiro atoms. The summed E-state index contributed by atoms with van der Waals surface area (Å²) in [5.41, 5.74) is 0.657. The van der Waals surface area contributed by atoms with E-state index in [0.29, 0.717) is 17.0 Å². The number of benzene rings is 2. The third-order valence-corrected chi connectivity index (χ3v) is 5.61. The molecular weight excluding hydrogens is 384 g/mol. The molecule has 0 radical (unpaired) electrons. The second-order valence-corrected chi connectivity index (χ2v) is 7.83. The van der Waals surface area contributed by atoms with Crippen LogP contribution in [0.4, 0.5) is 5.69 Å². The first-order valence-electron chi connectivity index (χ1n) is 8.45.